The van der Waals surface area contributed by atoms with Gasteiger partial charge in [-0.25, -0.2) is 4.98 Å². The quantitative estimate of drug-likeness (QED) is 0.832. The Morgan fingerprint density at radius 3 is 2.54 bits per heavy atom. The Morgan fingerprint density at radius 2 is 1.81 bits per heavy atom. The molecular weight excluding hydrogens is 324 g/mol. The molecule has 0 radical (unpaired) electrons. The van der Waals surface area contributed by atoms with E-state index in [9.17, 15) is 0 Å². The minimum atomic E-state index is 0.310. The van der Waals surface area contributed by atoms with Crippen molar-refractivity contribution < 1.29 is 4.74 Å². The van der Waals surface area contributed by atoms with Crippen molar-refractivity contribution in [1.82, 2.24) is 10.3 Å². The predicted molar refractivity (Wildman–Crippen MR) is 105 cm³/mol. The van der Waals surface area contributed by atoms with Crippen LogP contribution in [0.4, 0.5) is 11.5 Å². The van der Waals surface area contributed by atoms with Crippen LogP contribution in [0, 0.1) is 0 Å². The zero-order valence-corrected chi connectivity index (χ0v) is 15.2. The van der Waals surface area contributed by atoms with Crippen molar-refractivity contribution in [2.45, 2.75) is 25.8 Å². The Morgan fingerprint density at radius 1 is 1.04 bits per heavy atom. The van der Waals surface area contributed by atoms with Gasteiger partial charge in [0.25, 0.3) is 0 Å². The van der Waals surface area contributed by atoms with Crippen LogP contribution in [0.3, 0.4) is 0 Å². The largest absolute Gasteiger partial charge is 0.380 e. The maximum Gasteiger partial charge on any atom is 0.130 e. The van der Waals surface area contributed by atoms with Crippen molar-refractivity contribution in [2.24, 2.45) is 0 Å². The molecule has 1 aliphatic carbocycles. The van der Waals surface area contributed by atoms with Crippen LogP contribution in [-0.4, -0.2) is 31.3 Å². The number of benzene rings is 1. The molecule has 4 rings (SSSR count). The van der Waals surface area contributed by atoms with Gasteiger partial charge in [-0.05, 0) is 31.4 Å². The van der Waals surface area contributed by atoms with E-state index in [2.05, 4.69) is 63.8 Å². The predicted octanol–water partition coefficient (Wildman–Crippen LogP) is 3.69. The standard InChI is InChI=1S/C21H26N4O/c1-16(17-5-3-2-4-6-17)23-19-7-8-20(19)24-18-9-10-22-21(15-18)25-11-13-26-14-12-25/h2-6,9-10,15-16,23H,7-8,11-14H2,1H3,(H,22,24)/t16-/m1/s1. The van der Waals surface area contributed by atoms with Crippen molar-refractivity contribution in [3.63, 3.8) is 0 Å². The van der Waals surface area contributed by atoms with Crippen LogP contribution >= 0.6 is 0 Å². The molecule has 5 heteroatoms. The topological polar surface area (TPSA) is 49.4 Å². The molecule has 0 saturated carbocycles. The molecule has 0 bridgehead atoms. The third kappa shape index (κ3) is 3.83. The molecule has 1 aromatic heterocycles. The Bertz CT molecular complexity index is 769. The molecule has 0 unspecified atom stereocenters. The lowest BCUT2D eigenvalue weighted by Gasteiger charge is -2.30. The molecule has 0 amide bonds. The highest BCUT2D eigenvalue weighted by Crippen LogP contribution is 2.30. The Labute approximate surface area is 155 Å². The number of ether oxygens (including phenoxy) is 1. The first-order valence-electron chi connectivity index (χ1n) is 9.39. The summed E-state index contributed by atoms with van der Waals surface area (Å²) < 4.78 is 5.43. The van der Waals surface area contributed by atoms with Gasteiger partial charge in [-0.1, -0.05) is 30.3 Å². The summed E-state index contributed by atoms with van der Waals surface area (Å²) in [5.74, 6) is 1.02. The molecule has 1 saturated heterocycles. The van der Waals surface area contributed by atoms with E-state index in [0.29, 0.717) is 6.04 Å². The average molecular weight is 350 g/mol. The van der Waals surface area contributed by atoms with E-state index < -0.39 is 0 Å². The number of rotatable bonds is 6. The smallest absolute Gasteiger partial charge is 0.130 e. The number of nitrogens with zero attached hydrogens (tertiary/aromatic N) is 2. The second-order valence-corrected chi connectivity index (χ2v) is 6.86. The molecule has 5 nitrogen and oxygen atoms in total. The van der Waals surface area contributed by atoms with Crippen LogP contribution in [-0.2, 0) is 4.74 Å². The van der Waals surface area contributed by atoms with Crippen molar-refractivity contribution in [2.75, 3.05) is 36.5 Å². The first-order valence-corrected chi connectivity index (χ1v) is 9.39. The Balaban J connectivity index is 1.42. The lowest BCUT2D eigenvalue weighted by Crippen LogP contribution is -2.36. The van der Waals surface area contributed by atoms with Crippen LogP contribution in [0.25, 0.3) is 0 Å². The minimum absolute atomic E-state index is 0.310. The summed E-state index contributed by atoms with van der Waals surface area (Å²) >= 11 is 0. The Kier molecular flexibility index (Phi) is 5.07. The van der Waals surface area contributed by atoms with Gasteiger partial charge in [0, 0.05) is 48.5 Å². The van der Waals surface area contributed by atoms with E-state index in [0.717, 1.165) is 50.7 Å². The lowest BCUT2D eigenvalue weighted by molar-refractivity contribution is 0.122. The summed E-state index contributed by atoms with van der Waals surface area (Å²) in [5.41, 5.74) is 5.01. The monoisotopic (exact) mass is 350 g/mol. The average Bonchev–Trinajstić information content (AvgIpc) is 2.71. The second kappa shape index (κ2) is 7.79. The normalized spacial score (nSPS) is 18.3. The van der Waals surface area contributed by atoms with Crippen LogP contribution in [0.15, 0.2) is 60.1 Å². The number of nitrogens with one attached hydrogen (secondary N) is 2. The van der Waals surface area contributed by atoms with Crippen molar-refractivity contribution in [1.29, 1.82) is 0 Å². The maximum absolute atomic E-state index is 5.43. The van der Waals surface area contributed by atoms with E-state index >= 15 is 0 Å². The molecular formula is C21H26N4O. The minimum Gasteiger partial charge on any atom is -0.380 e. The third-order valence-electron chi connectivity index (χ3n) is 5.06. The van der Waals surface area contributed by atoms with Gasteiger partial charge in [0.1, 0.15) is 5.82 Å². The fourth-order valence-electron chi connectivity index (χ4n) is 3.39. The van der Waals surface area contributed by atoms with E-state index in [4.69, 9.17) is 4.74 Å². The highest BCUT2D eigenvalue weighted by atomic mass is 16.5. The number of allylic oxidation sites excluding steroid dienone is 2. The third-order valence-corrected chi connectivity index (χ3v) is 5.06. The van der Waals surface area contributed by atoms with E-state index in [1.807, 2.05) is 12.3 Å². The van der Waals surface area contributed by atoms with Crippen molar-refractivity contribution >= 4 is 11.5 Å². The molecule has 2 aromatic rings. The summed E-state index contributed by atoms with van der Waals surface area (Å²) in [4.78, 5) is 6.80. The highest BCUT2D eigenvalue weighted by molar-refractivity contribution is 5.57. The number of morpholine rings is 1. The van der Waals surface area contributed by atoms with Crippen LogP contribution in [0.5, 0.6) is 0 Å². The summed E-state index contributed by atoms with van der Waals surface area (Å²) in [6.07, 6.45) is 4.06. The summed E-state index contributed by atoms with van der Waals surface area (Å²) in [6.45, 7) is 5.56. The van der Waals surface area contributed by atoms with Gasteiger partial charge in [0.15, 0.2) is 0 Å². The molecule has 2 heterocycles. The molecule has 0 spiro atoms. The summed E-state index contributed by atoms with van der Waals surface area (Å²) in [7, 11) is 0. The van der Waals surface area contributed by atoms with E-state index in [-0.39, 0.29) is 0 Å². The van der Waals surface area contributed by atoms with Gasteiger partial charge in [-0.15, -0.1) is 0 Å². The second-order valence-electron chi connectivity index (χ2n) is 6.86. The number of pyridine rings is 1. The van der Waals surface area contributed by atoms with E-state index in [1.54, 1.807) is 0 Å². The first kappa shape index (κ1) is 16.9. The number of hydrogen-bond donors (Lipinski definition) is 2. The van der Waals surface area contributed by atoms with Gasteiger partial charge in [-0.3, -0.25) is 0 Å². The molecule has 1 atom stereocenters. The van der Waals surface area contributed by atoms with Crippen LogP contribution in [0.1, 0.15) is 31.4 Å². The molecule has 26 heavy (non-hydrogen) atoms. The summed E-state index contributed by atoms with van der Waals surface area (Å²) in [6, 6.07) is 15.1. The van der Waals surface area contributed by atoms with Gasteiger partial charge < -0.3 is 20.3 Å². The zero-order valence-electron chi connectivity index (χ0n) is 15.2. The molecule has 2 aliphatic rings. The molecule has 1 aliphatic heterocycles. The van der Waals surface area contributed by atoms with Crippen LogP contribution in [0.2, 0.25) is 0 Å². The maximum atomic E-state index is 5.43. The molecule has 136 valence electrons. The van der Waals surface area contributed by atoms with Gasteiger partial charge in [0.2, 0.25) is 0 Å². The first-order chi connectivity index (χ1) is 12.8. The summed E-state index contributed by atoms with van der Waals surface area (Å²) in [5, 5.41) is 7.24. The van der Waals surface area contributed by atoms with Crippen molar-refractivity contribution in [3.8, 4) is 0 Å². The fraction of sp³-hybridized carbons (Fsp3) is 0.381. The lowest BCUT2D eigenvalue weighted by atomic mass is 9.98. The number of anilines is 2. The van der Waals surface area contributed by atoms with Crippen LogP contribution < -0.4 is 15.5 Å². The van der Waals surface area contributed by atoms with Crippen molar-refractivity contribution in [3.05, 3.63) is 65.6 Å². The Hall–Kier alpha value is -2.53. The number of aromatic nitrogens is 1. The molecule has 1 aromatic carbocycles. The SMILES string of the molecule is C[C@@H](NC1=C(Nc2ccnc(N3CCOCC3)c2)CC1)c1ccccc1. The fourth-order valence-corrected chi connectivity index (χ4v) is 3.39. The highest BCUT2D eigenvalue weighted by Gasteiger charge is 2.20. The molecule has 1 fully saturated rings. The van der Waals surface area contributed by atoms with Gasteiger partial charge in [-0.2, -0.15) is 0 Å². The van der Waals surface area contributed by atoms with E-state index in [1.165, 1.54) is 17.0 Å². The van der Waals surface area contributed by atoms with Gasteiger partial charge in [0.05, 0.1) is 13.2 Å². The van der Waals surface area contributed by atoms with Gasteiger partial charge >= 0.3 is 0 Å². The molecule has 2 N–H and O–H groups in total. The zero-order chi connectivity index (χ0) is 17.8. The number of hydrogen-bond acceptors (Lipinski definition) is 5.